The van der Waals surface area contributed by atoms with Crippen LogP contribution < -0.4 is 4.90 Å². The number of anilines is 1. The van der Waals surface area contributed by atoms with Gasteiger partial charge in [-0.2, -0.15) is 13.2 Å². The first kappa shape index (κ1) is 26.3. The lowest BCUT2D eigenvalue weighted by Gasteiger charge is -2.50. The van der Waals surface area contributed by atoms with Gasteiger partial charge in [0.15, 0.2) is 0 Å². The molecule has 2 aromatic heterocycles. The van der Waals surface area contributed by atoms with Crippen LogP contribution in [-0.4, -0.2) is 34.3 Å². The lowest BCUT2D eigenvalue weighted by atomic mass is 9.60. The minimum absolute atomic E-state index is 0.0394. The lowest BCUT2D eigenvalue weighted by molar-refractivity contribution is -0.136. The van der Waals surface area contributed by atoms with Crippen LogP contribution in [0.5, 0.6) is 0 Å². The van der Waals surface area contributed by atoms with Crippen molar-refractivity contribution in [1.29, 1.82) is 0 Å². The maximum absolute atomic E-state index is 13.8. The van der Waals surface area contributed by atoms with E-state index in [1.807, 2.05) is 0 Å². The number of piperidine rings is 1. The molecule has 1 saturated heterocycles. The number of aromatic carboxylic acids is 1. The molecule has 9 heteroatoms. The Balaban J connectivity index is 0.991. The van der Waals surface area contributed by atoms with Gasteiger partial charge in [0.1, 0.15) is 11.5 Å². The number of pyridine rings is 1. The van der Waals surface area contributed by atoms with Gasteiger partial charge in [-0.15, -0.1) is 0 Å². The number of hydrogen-bond acceptors (Lipinski definition) is 5. The van der Waals surface area contributed by atoms with E-state index in [9.17, 15) is 23.1 Å². The van der Waals surface area contributed by atoms with E-state index < -0.39 is 23.4 Å². The summed E-state index contributed by atoms with van der Waals surface area (Å²) in [7, 11) is 0. The molecule has 5 fully saturated rings. The van der Waals surface area contributed by atoms with E-state index in [4.69, 9.17) is 4.52 Å². The summed E-state index contributed by atoms with van der Waals surface area (Å²) < 4.78 is 47.5. The molecule has 0 bridgehead atoms. The minimum atomic E-state index is -4.67. The van der Waals surface area contributed by atoms with E-state index in [-0.39, 0.29) is 16.3 Å². The van der Waals surface area contributed by atoms with Gasteiger partial charge in [0.25, 0.3) is 0 Å². The molecule has 1 N–H and O–H groups in total. The van der Waals surface area contributed by atoms with Crippen molar-refractivity contribution in [2.45, 2.75) is 82.2 Å². The van der Waals surface area contributed by atoms with Gasteiger partial charge >= 0.3 is 12.1 Å². The van der Waals surface area contributed by atoms with E-state index in [1.54, 1.807) is 6.07 Å². The summed E-state index contributed by atoms with van der Waals surface area (Å²) in [6.45, 7) is 1.55. The van der Waals surface area contributed by atoms with Crippen LogP contribution in [0.25, 0.3) is 17.0 Å². The van der Waals surface area contributed by atoms with Crippen LogP contribution in [0.3, 0.4) is 0 Å². The molecule has 3 aromatic rings. The van der Waals surface area contributed by atoms with E-state index in [0.717, 1.165) is 62.1 Å². The molecular formula is C33H34F3N3O3. The number of fused-ring (bicyclic) bond motifs is 1. The van der Waals surface area contributed by atoms with Crippen LogP contribution in [0.15, 0.2) is 34.4 Å². The molecule has 0 radical (unpaired) electrons. The van der Waals surface area contributed by atoms with Gasteiger partial charge in [-0.05, 0) is 106 Å². The van der Waals surface area contributed by atoms with Crippen molar-refractivity contribution in [2.75, 3.05) is 18.0 Å². The highest BCUT2D eigenvalue weighted by Gasteiger charge is 2.47. The topological polar surface area (TPSA) is 79.5 Å². The Hall–Kier alpha value is -3.36. The standard InChI is InChI=1S/C33H34F3N3O3/c34-33(35,36)25-15-27(31(40)41)37-26-8-7-22(14-23(25)26)39-11-9-32(10-12-39)16-18(17-32)13-24-29(38-42-30(24)21-5-6-21)28(19-1-2-19)20-3-4-20/h7-8,13-15,19-21,28H,1-6,9-12,16-17H2,(H,40,41). The zero-order valence-electron chi connectivity index (χ0n) is 23.4. The van der Waals surface area contributed by atoms with Crippen LogP contribution in [0, 0.1) is 17.3 Å². The zero-order valence-corrected chi connectivity index (χ0v) is 23.4. The van der Waals surface area contributed by atoms with E-state index >= 15 is 0 Å². The Labute approximate surface area is 242 Å². The summed E-state index contributed by atoms with van der Waals surface area (Å²) in [4.78, 5) is 17.4. The highest BCUT2D eigenvalue weighted by atomic mass is 19.4. The predicted octanol–water partition coefficient (Wildman–Crippen LogP) is 8.18. The SMILES string of the molecule is O=C(O)c1cc(C(F)(F)F)c2cc(N3CCC4(CC3)CC(=Cc3c(C(C5CC5)C5CC5)noc3C3CC3)C4)ccc2n1. The summed E-state index contributed by atoms with van der Waals surface area (Å²) in [6.07, 6.45) is 9.49. The average molecular weight is 578 g/mol. The molecule has 8 rings (SSSR count). The average Bonchev–Trinajstić information content (AvgIpc) is 3.80. The smallest absolute Gasteiger partial charge is 0.417 e. The van der Waals surface area contributed by atoms with Crippen molar-refractivity contribution < 1.29 is 27.6 Å². The molecule has 4 aliphatic carbocycles. The third-order valence-corrected chi connectivity index (χ3v) is 10.4. The van der Waals surface area contributed by atoms with Crippen molar-refractivity contribution in [3.63, 3.8) is 0 Å². The summed E-state index contributed by atoms with van der Waals surface area (Å²) in [6, 6.07) is 5.42. The zero-order chi connectivity index (χ0) is 28.8. The Bertz CT molecular complexity index is 1580. The third kappa shape index (κ3) is 4.69. The summed E-state index contributed by atoms with van der Waals surface area (Å²) in [5, 5.41) is 13.9. The number of carboxylic acid groups (broad SMARTS) is 1. The molecule has 0 amide bonds. The molecule has 5 aliphatic rings. The number of benzene rings is 1. The molecule has 3 heterocycles. The highest BCUT2D eigenvalue weighted by Crippen LogP contribution is 2.58. The molecule has 0 atom stereocenters. The Morgan fingerprint density at radius 2 is 1.74 bits per heavy atom. The normalized spacial score (nSPS) is 22.2. The van der Waals surface area contributed by atoms with Gasteiger partial charge < -0.3 is 14.5 Å². The first-order chi connectivity index (χ1) is 20.2. The van der Waals surface area contributed by atoms with Crippen LogP contribution in [0.1, 0.15) is 109 Å². The molecule has 1 aliphatic heterocycles. The summed E-state index contributed by atoms with van der Waals surface area (Å²) in [5.74, 6) is 2.29. The van der Waals surface area contributed by atoms with Crippen molar-refractivity contribution in [3.8, 4) is 0 Å². The van der Waals surface area contributed by atoms with Crippen molar-refractivity contribution in [1.82, 2.24) is 10.1 Å². The number of halogens is 3. The van der Waals surface area contributed by atoms with Gasteiger partial charge in [-0.1, -0.05) is 16.8 Å². The summed E-state index contributed by atoms with van der Waals surface area (Å²) >= 11 is 0. The number of nitrogens with zero attached hydrogens (tertiary/aromatic N) is 3. The van der Waals surface area contributed by atoms with Crippen LogP contribution in [-0.2, 0) is 6.18 Å². The monoisotopic (exact) mass is 577 g/mol. The van der Waals surface area contributed by atoms with E-state index in [2.05, 4.69) is 21.1 Å². The van der Waals surface area contributed by atoms with Gasteiger partial charge in [0, 0.05) is 41.6 Å². The van der Waals surface area contributed by atoms with Crippen LogP contribution in [0.2, 0.25) is 0 Å². The first-order valence-electron chi connectivity index (χ1n) is 15.4. The molecule has 220 valence electrons. The third-order valence-electron chi connectivity index (χ3n) is 10.4. The van der Waals surface area contributed by atoms with Gasteiger partial charge in [0.05, 0.1) is 16.8 Å². The van der Waals surface area contributed by atoms with Crippen molar-refractivity contribution >= 4 is 28.6 Å². The maximum atomic E-state index is 13.8. The van der Waals surface area contributed by atoms with Gasteiger partial charge in [-0.25, -0.2) is 9.78 Å². The van der Waals surface area contributed by atoms with Gasteiger partial charge in [0.2, 0.25) is 0 Å². The number of allylic oxidation sites excluding steroid dienone is 1. The molecule has 42 heavy (non-hydrogen) atoms. The fourth-order valence-electron chi connectivity index (χ4n) is 7.66. The molecule has 1 spiro atoms. The second kappa shape index (κ2) is 9.32. The predicted molar refractivity (Wildman–Crippen MR) is 151 cm³/mol. The fraction of sp³-hybridized carbons (Fsp3) is 0.545. The van der Waals surface area contributed by atoms with Crippen LogP contribution in [0.4, 0.5) is 18.9 Å². The van der Waals surface area contributed by atoms with Crippen molar-refractivity contribution in [2.24, 2.45) is 17.3 Å². The quantitative estimate of drug-likeness (QED) is 0.305. The van der Waals surface area contributed by atoms with Gasteiger partial charge in [-0.3, -0.25) is 0 Å². The van der Waals surface area contributed by atoms with Crippen molar-refractivity contribution in [3.05, 3.63) is 58.1 Å². The molecular weight excluding hydrogens is 543 g/mol. The lowest BCUT2D eigenvalue weighted by Crippen LogP contribution is -2.44. The van der Waals surface area contributed by atoms with E-state index in [1.165, 1.54) is 67.5 Å². The minimum Gasteiger partial charge on any atom is -0.477 e. The molecule has 6 nitrogen and oxygen atoms in total. The molecule has 4 saturated carbocycles. The highest BCUT2D eigenvalue weighted by molar-refractivity contribution is 5.93. The number of carbonyl (C=O) groups is 1. The van der Waals surface area contributed by atoms with E-state index in [0.29, 0.717) is 17.9 Å². The maximum Gasteiger partial charge on any atom is 0.417 e. The second-order valence-corrected chi connectivity index (χ2v) is 13.5. The molecule has 0 unspecified atom stereocenters. The molecule has 1 aromatic carbocycles. The van der Waals surface area contributed by atoms with Crippen LogP contribution >= 0.6 is 0 Å². The number of hydrogen-bond donors (Lipinski definition) is 1. The number of carboxylic acids is 1. The largest absolute Gasteiger partial charge is 0.477 e. The Kier molecular flexibility index (Phi) is 5.83. The Morgan fingerprint density at radius 1 is 1.05 bits per heavy atom. The second-order valence-electron chi connectivity index (χ2n) is 13.5. The number of rotatable bonds is 7. The number of alkyl halides is 3. The fourth-order valence-corrected chi connectivity index (χ4v) is 7.66. The summed E-state index contributed by atoms with van der Waals surface area (Å²) in [5.41, 5.74) is 3.44. The number of aromatic nitrogens is 2. The first-order valence-corrected chi connectivity index (χ1v) is 15.4. The Morgan fingerprint density at radius 3 is 2.33 bits per heavy atom.